The molecule has 2 N–H and O–H groups in total. The Labute approximate surface area is 127 Å². The zero-order chi connectivity index (χ0) is 15.8. The van der Waals surface area contributed by atoms with E-state index in [1.54, 1.807) is 0 Å². The van der Waals surface area contributed by atoms with Crippen LogP contribution < -0.4 is 5.73 Å². The van der Waals surface area contributed by atoms with Gasteiger partial charge in [0.15, 0.2) is 0 Å². The molecule has 0 aromatic carbocycles. The van der Waals surface area contributed by atoms with Crippen molar-refractivity contribution >= 4 is 13.2 Å². The Bertz CT molecular complexity index is 537. The Kier molecular flexibility index (Phi) is 4.29. The molecule has 0 bridgehead atoms. The molecule has 1 aliphatic heterocycles. The largest absolute Gasteiger partial charge is 0.487 e. The summed E-state index contributed by atoms with van der Waals surface area (Å²) in [6.45, 7) is 12.2. The number of nitrogens with zero attached hydrogens (tertiary/aromatic N) is 1. The maximum absolute atomic E-state index is 5.96. The molecule has 0 aliphatic carbocycles. The van der Waals surface area contributed by atoms with Crippen LogP contribution in [0.1, 0.15) is 57.4 Å². The summed E-state index contributed by atoms with van der Waals surface area (Å²) in [5.41, 5.74) is 8.57. The molecular formula is C16H25BN2O2. The van der Waals surface area contributed by atoms with E-state index in [-0.39, 0.29) is 24.4 Å². The second-order valence-electron chi connectivity index (χ2n) is 6.72. The molecule has 114 valence electrons. The summed E-state index contributed by atoms with van der Waals surface area (Å²) in [5, 5.41) is 0. The van der Waals surface area contributed by atoms with Crippen molar-refractivity contribution in [2.75, 3.05) is 0 Å². The van der Waals surface area contributed by atoms with Crippen LogP contribution in [-0.2, 0) is 9.31 Å². The number of hydrogen-bond acceptors (Lipinski definition) is 4. The van der Waals surface area contributed by atoms with Crippen LogP contribution in [0.3, 0.4) is 0 Å². The van der Waals surface area contributed by atoms with Gasteiger partial charge >= 0.3 is 7.12 Å². The third kappa shape index (κ3) is 3.20. The monoisotopic (exact) mass is 288 g/mol. The van der Waals surface area contributed by atoms with Crippen LogP contribution in [0.15, 0.2) is 18.4 Å². The van der Waals surface area contributed by atoms with E-state index in [0.29, 0.717) is 0 Å². The molecule has 0 saturated carbocycles. The molecule has 0 unspecified atom stereocenters. The van der Waals surface area contributed by atoms with Crippen molar-refractivity contribution in [2.24, 2.45) is 5.73 Å². The van der Waals surface area contributed by atoms with Crippen LogP contribution in [0, 0.1) is 6.92 Å². The van der Waals surface area contributed by atoms with Gasteiger partial charge in [0.2, 0.25) is 0 Å². The van der Waals surface area contributed by atoms with Crippen molar-refractivity contribution in [2.45, 2.75) is 58.8 Å². The van der Waals surface area contributed by atoms with E-state index in [1.807, 2.05) is 59.1 Å². The van der Waals surface area contributed by atoms with Gasteiger partial charge in [-0.05, 0) is 58.2 Å². The van der Waals surface area contributed by atoms with E-state index in [9.17, 15) is 0 Å². The maximum atomic E-state index is 5.96. The fraction of sp³-hybridized carbons (Fsp3) is 0.562. The van der Waals surface area contributed by atoms with Crippen molar-refractivity contribution in [3.8, 4) is 0 Å². The van der Waals surface area contributed by atoms with E-state index in [4.69, 9.17) is 15.0 Å². The van der Waals surface area contributed by atoms with Crippen LogP contribution in [0.25, 0.3) is 6.08 Å². The average molecular weight is 288 g/mol. The highest BCUT2D eigenvalue weighted by Crippen LogP contribution is 2.37. The Morgan fingerprint density at radius 1 is 1.19 bits per heavy atom. The van der Waals surface area contributed by atoms with Gasteiger partial charge in [0.05, 0.1) is 11.2 Å². The van der Waals surface area contributed by atoms with E-state index in [1.165, 1.54) is 0 Å². The van der Waals surface area contributed by atoms with Gasteiger partial charge in [-0.3, -0.25) is 4.98 Å². The zero-order valence-corrected chi connectivity index (χ0v) is 13.8. The van der Waals surface area contributed by atoms with Gasteiger partial charge in [-0.25, -0.2) is 0 Å². The van der Waals surface area contributed by atoms with Crippen LogP contribution in [-0.4, -0.2) is 23.3 Å². The molecule has 1 aromatic heterocycles. The highest BCUT2D eigenvalue weighted by atomic mass is 16.7. The molecule has 1 aromatic rings. The van der Waals surface area contributed by atoms with Crippen LogP contribution >= 0.6 is 0 Å². The minimum atomic E-state index is -0.339. The highest BCUT2D eigenvalue weighted by Gasteiger charge is 2.49. The standard InChI is InChI=1S/C16H25BN2O2/c1-11-13(9-19-10-14(11)12(2)18)7-8-17-20-15(3,4)16(5,6)21-17/h7-10,12H,18H2,1-6H3/b8-7+/t12-/m0/s1. The van der Waals surface area contributed by atoms with Crippen molar-refractivity contribution in [1.29, 1.82) is 0 Å². The summed E-state index contributed by atoms with van der Waals surface area (Å²) < 4.78 is 11.9. The number of aromatic nitrogens is 1. The molecule has 21 heavy (non-hydrogen) atoms. The lowest BCUT2D eigenvalue weighted by atomic mass is 9.88. The smallest absolute Gasteiger partial charge is 0.400 e. The molecule has 1 aliphatic rings. The molecule has 1 atom stereocenters. The first-order chi connectivity index (χ1) is 9.64. The topological polar surface area (TPSA) is 57.4 Å². The predicted molar refractivity (Wildman–Crippen MR) is 86.7 cm³/mol. The molecule has 1 saturated heterocycles. The maximum Gasteiger partial charge on any atom is 0.487 e. The van der Waals surface area contributed by atoms with E-state index in [0.717, 1.165) is 16.7 Å². The minimum absolute atomic E-state index is 0.0253. The molecule has 0 radical (unpaired) electrons. The fourth-order valence-electron chi connectivity index (χ4n) is 2.33. The lowest BCUT2D eigenvalue weighted by molar-refractivity contribution is 0.00578. The van der Waals surface area contributed by atoms with Crippen molar-refractivity contribution in [3.05, 3.63) is 35.1 Å². The minimum Gasteiger partial charge on any atom is -0.400 e. The number of rotatable bonds is 3. The Balaban J connectivity index is 2.19. The summed E-state index contributed by atoms with van der Waals surface area (Å²) in [6.07, 6.45) is 5.66. The molecule has 5 heteroatoms. The summed E-state index contributed by atoms with van der Waals surface area (Å²) in [5.74, 6) is 1.94. The van der Waals surface area contributed by atoms with Crippen LogP contribution in [0.2, 0.25) is 0 Å². The molecule has 2 rings (SSSR count). The van der Waals surface area contributed by atoms with Gasteiger partial charge < -0.3 is 15.0 Å². The third-order valence-electron chi connectivity index (χ3n) is 4.49. The first-order valence-corrected chi connectivity index (χ1v) is 7.38. The second-order valence-corrected chi connectivity index (χ2v) is 6.72. The highest BCUT2D eigenvalue weighted by molar-refractivity contribution is 6.52. The van der Waals surface area contributed by atoms with Gasteiger partial charge in [-0.2, -0.15) is 0 Å². The Morgan fingerprint density at radius 2 is 1.76 bits per heavy atom. The number of nitrogens with two attached hydrogens (primary N) is 1. The molecule has 2 heterocycles. The lowest BCUT2D eigenvalue weighted by Gasteiger charge is -2.32. The van der Waals surface area contributed by atoms with Gasteiger partial charge in [0.1, 0.15) is 0 Å². The van der Waals surface area contributed by atoms with Crippen molar-refractivity contribution in [3.63, 3.8) is 0 Å². The SMILES string of the molecule is Cc1c(/C=C/B2OC(C)(C)C(C)(C)O2)cncc1[C@H](C)N. The molecule has 1 fully saturated rings. The lowest BCUT2D eigenvalue weighted by Crippen LogP contribution is -2.41. The summed E-state index contributed by atoms with van der Waals surface area (Å²) in [4.78, 5) is 4.26. The average Bonchev–Trinajstić information content (AvgIpc) is 2.56. The van der Waals surface area contributed by atoms with Crippen molar-refractivity contribution in [1.82, 2.24) is 4.98 Å². The third-order valence-corrected chi connectivity index (χ3v) is 4.49. The predicted octanol–water partition coefficient (Wildman–Crippen LogP) is 3.05. The van der Waals surface area contributed by atoms with Gasteiger partial charge in [0, 0.05) is 18.4 Å². The van der Waals surface area contributed by atoms with Gasteiger partial charge in [0.25, 0.3) is 0 Å². The first kappa shape index (κ1) is 16.2. The van der Waals surface area contributed by atoms with Crippen LogP contribution in [0.4, 0.5) is 0 Å². The first-order valence-electron chi connectivity index (χ1n) is 7.38. The molecular weight excluding hydrogens is 263 g/mol. The molecule has 0 amide bonds. The normalized spacial score (nSPS) is 22.0. The van der Waals surface area contributed by atoms with E-state index < -0.39 is 0 Å². The number of hydrogen-bond donors (Lipinski definition) is 1. The van der Waals surface area contributed by atoms with Crippen LogP contribution in [0.5, 0.6) is 0 Å². The molecule has 0 spiro atoms. The Hall–Kier alpha value is -1.17. The molecule has 4 nitrogen and oxygen atoms in total. The van der Waals surface area contributed by atoms with Crippen molar-refractivity contribution < 1.29 is 9.31 Å². The second kappa shape index (κ2) is 5.56. The summed E-state index contributed by atoms with van der Waals surface area (Å²) in [6, 6.07) is -0.0253. The zero-order valence-electron chi connectivity index (χ0n) is 13.8. The fourth-order valence-corrected chi connectivity index (χ4v) is 2.33. The van der Waals surface area contributed by atoms with Gasteiger partial charge in [-0.1, -0.05) is 12.1 Å². The summed E-state index contributed by atoms with van der Waals surface area (Å²) in [7, 11) is -0.339. The van der Waals surface area contributed by atoms with Gasteiger partial charge in [-0.15, -0.1) is 0 Å². The summed E-state index contributed by atoms with van der Waals surface area (Å²) >= 11 is 0. The van der Waals surface area contributed by atoms with E-state index in [2.05, 4.69) is 11.9 Å². The number of pyridine rings is 1. The Morgan fingerprint density at radius 3 is 2.29 bits per heavy atom. The quantitative estimate of drug-likeness (QED) is 0.868. The van der Waals surface area contributed by atoms with E-state index >= 15 is 0 Å².